The minimum absolute atomic E-state index is 0.219. The van der Waals surface area contributed by atoms with Gasteiger partial charge in [-0.25, -0.2) is 0 Å². The lowest BCUT2D eigenvalue weighted by Gasteiger charge is -2.63. The van der Waals surface area contributed by atoms with E-state index < -0.39 is 37.6 Å². The number of carbonyl (C=O) groups is 1. The number of aliphatic hydroxyl groups excluding tert-OH is 1. The van der Waals surface area contributed by atoms with Crippen molar-refractivity contribution >= 4 is 14.1 Å². The van der Waals surface area contributed by atoms with Crippen molar-refractivity contribution < 1.29 is 38.0 Å². The van der Waals surface area contributed by atoms with Crippen molar-refractivity contribution in [2.45, 2.75) is 102 Å². The summed E-state index contributed by atoms with van der Waals surface area (Å²) in [6.07, 6.45) is 0.236. The van der Waals surface area contributed by atoms with Gasteiger partial charge in [-0.1, -0.05) is 61.5 Å². The van der Waals surface area contributed by atoms with Gasteiger partial charge in [-0.3, -0.25) is 4.79 Å². The van der Waals surface area contributed by atoms with Gasteiger partial charge in [0.15, 0.2) is 23.1 Å². The highest BCUT2D eigenvalue weighted by atomic mass is 28.4. The molecule has 0 heterocycles. The van der Waals surface area contributed by atoms with E-state index in [1.54, 1.807) is 35.5 Å². The van der Waals surface area contributed by atoms with E-state index >= 15 is 0 Å². The number of rotatable bonds is 13. The standard InChI is InChI=1S/C33H54O8Si/c1-19(2)31(35)32-18-27(41-42(20(3)4,21(5)6)22(7)8)29(23-14-15-24(36-9)25(16-23)37-10)30(33(32,39-12)40-13)26(38-11)17-28(32)34/h14-17,19-22,27,29-31,35H,18H2,1-13H3/t27-,29+,30-,31?,32-/m0/s1. The zero-order valence-corrected chi connectivity index (χ0v) is 28.9. The summed E-state index contributed by atoms with van der Waals surface area (Å²) >= 11 is 0. The lowest BCUT2D eigenvalue weighted by molar-refractivity contribution is -0.341. The Morgan fingerprint density at radius 3 is 1.81 bits per heavy atom. The highest BCUT2D eigenvalue weighted by Crippen LogP contribution is 2.64. The first-order valence-corrected chi connectivity index (χ1v) is 17.3. The maximum absolute atomic E-state index is 14.4. The lowest BCUT2D eigenvalue weighted by Crippen LogP contribution is -2.73. The number of aliphatic hydroxyl groups is 1. The van der Waals surface area contributed by atoms with E-state index in [1.165, 1.54) is 6.08 Å². The van der Waals surface area contributed by atoms with E-state index in [1.807, 2.05) is 32.0 Å². The van der Waals surface area contributed by atoms with Crippen LogP contribution in [0.2, 0.25) is 16.6 Å². The summed E-state index contributed by atoms with van der Waals surface area (Å²) in [6.45, 7) is 17.3. The van der Waals surface area contributed by atoms with Gasteiger partial charge >= 0.3 is 0 Å². The molecule has 2 aliphatic carbocycles. The van der Waals surface area contributed by atoms with Crippen LogP contribution < -0.4 is 9.47 Å². The predicted octanol–water partition coefficient (Wildman–Crippen LogP) is 6.47. The highest BCUT2D eigenvalue weighted by Gasteiger charge is 2.74. The van der Waals surface area contributed by atoms with E-state index in [0.717, 1.165) is 5.56 Å². The summed E-state index contributed by atoms with van der Waals surface area (Å²) in [5.41, 5.74) is 0.405. The molecule has 1 aromatic carbocycles. The molecule has 0 saturated heterocycles. The molecule has 9 heteroatoms. The molecule has 42 heavy (non-hydrogen) atoms. The second-order valence-corrected chi connectivity index (χ2v) is 18.6. The first kappa shape index (κ1) is 34.6. The molecule has 8 nitrogen and oxygen atoms in total. The van der Waals surface area contributed by atoms with E-state index in [2.05, 4.69) is 41.5 Å². The van der Waals surface area contributed by atoms with Gasteiger partial charge in [-0.15, -0.1) is 0 Å². The number of benzene rings is 1. The van der Waals surface area contributed by atoms with Crippen LogP contribution in [-0.4, -0.2) is 72.8 Å². The normalized spacial score (nSPS) is 26.6. The summed E-state index contributed by atoms with van der Waals surface area (Å²) in [5, 5.41) is 12.0. The van der Waals surface area contributed by atoms with Gasteiger partial charge in [0, 0.05) is 26.2 Å². The number of hydrogen-bond acceptors (Lipinski definition) is 8. The Kier molecular flexibility index (Phi) is 10.7. The van der Waals surface area contributed by atoms with Gasteiger partial charge in [0.2, 0.25) is 8.32 Å². The Balaban J connectivity index is 2.47. The minimum Gasteiger partial charge on any atom is -0.500 e. The molecule has 1 fully saturated rings. The zero-order valence-electron chi connectivity index (χ0n) is 27.9. The van der Waals surface area contributed by atoms with E-state index in [0.29, 0.717) is 33.9 Å². The Labute approximate surface area is 254 Å². The fraction of sp³-hybridized carbons (Fsp3) is 0.727. The summed E-state index contributed by atoms with van der Waals surface area (Å²) in [7, 11) is 5.40. The van der Waals surface area contributed by atoms with Gasteiger partial charge in [0.05, 0.1) is 39.5 Å². The molecule has 1 N–H and O–H groups in total. The molecule has 1 saturated carbocycles. The number of allylic oxidation sites excluding steroid dienone is 1. The summed E-state index contributed by atoms with van der Waals surface area (Å²) < 4.78 is 37.5. The fourth-order valence-electron chi connectivity index (χ4n) is 8.48. The number of methoxy groups -OCH3 is 5. The molecule has 1 aromatic rings. The second kappa shape index (κ2) is 13.0. The van der Waals surface area contributed by atoms with E-state index in [-0.39, 0.29) is 24.0 Å². The van der Waals surface area contributed by atoms with Crippen LogP contribution in [0.15, 0.2) is 30.0 Å². The number of fused-ring (bicyclic) bond motifs is 2. The molecule has 0 radical (unpaired) electrons. The first-order chi connectivity index (χ1) is 19.7. The molecule has 0 aromatic heterocycles. The van der Waals surface area contributed by atoms with Crippen LogP contribution >= 0.6 is 0 Å². The van der Waals surface area contributed by atoms with Crippen LogP contribution in [0.1, 0.15) is 73.3 Å². The maximum atomic E-state index is 14.4. The SMILES string of the molecule is COC1=CC(=O)[C@]2(C(O)C(C)C)C[C@H](O[Si](C(C)C)(C(C)C)C(C)C)[C@@H](c3ccc(OC)c(OC)c3)[C@H]1C2(OC)OC. The average molecular weight is 607 g/mol. The van der Waals surface area contributed by atoms with E-state index in [4.69, 9.17) is 28.1 Å². The van der Waals surface area contributed by atoms with Crippen LogP contribution in [0.25, 0.3) is 0 Å². The van der Waals surface area contributed by atoms with Crippen LogP contribution in [0.5, 0.6) is 11.5 Å². The first-order valence-electron chi connectivity index (χ1n) is 15.2. The van der Waals surface area contributed by atoms with Crippen LogP contribution in [0.4, 0.5) is 0 Å². The largest absolute Gasteiger partial charge is 0.500 e. The molecule has 2 aliphatic rings. The highest BCUT2D eigenvalue weighted by molar-refractivity contribution is 6.77. The third-order valence-corrected chi connectivity index (χ3v) is 16.3. The Morgan fingerprint density at radius 1 is 0.833 bits per heavy atom. The van der Waals surface area contributed by atoms with Crippen molar-refractivity contribution in [2.75, 3.05) is 35.5 Å². The smallest absolute Gasteiger partial charge is 0.200 e. The molecule has 0 spiro atoms. The van der Waals surface area contributed by atoms with Crippen molar-refractivity contribution in [2.24, 2.45) is 17.3 Å². The molecule has 0 aliphatic heterocycles. The average Bonchev–Trinajstić information content (AvgIpc) is 2.95. The van der Waals surface area contributed by atoms with Crippen LogP contribution in [-0.2, 0) is 23.4 Å². The van der Waals surface area contributed by atoms with Crippen LogP contribution in [0.3, 0.4) is 0 Å². The summed E-state index contributed by atoms with van der Waals surface area (Å²) in [5.74, 6) is -1.39. The molecule has 0 amide bonds. The third-order valence-electron chi connectivity index (χ3n) is 10.2. The van der Waals surface area contributed by atoms with Gasteiger partial charge < -0.3 is 33.2 Å². The molecule has 1 unspecified atom stereocenters. The second-order valence-electron chi connectivity index (χ2n) is 13.1. The quantitative estimate of drug-likeness (QED) is 0.202. The molecular weight excluding hydrogens is 552 g/mol. The predicted molar refractivity (Wildman–Crippen MR) is 166 cm³/mol. The molecule has 3 rings (SSSR count). The lowest BCUT2D eigenvalue weighted by atomic mass is 9.50. The number of hydrogen-bond donors (Lipinski definition) is 1. The van der Waals surface area contributed by atoms with Gasteiger partial charge in [-0.05, 0) is 46.7 Å². The summed E-state index contributed by atoms with van der Waals surface area (Å²) in [6, 6.07) is 5.87. The van der Waals surface area contributed by atoms with Crippen molar-refractivity contribution in [1.29, 1.82) is 0 Å². The third kappa shape index (κ3) is 5.03. The minimum atomic E-state index is -2.48. The van der Waals surface area contributed by atoms with Crippen LogP contribution in [0, 0.1) is 17.3 Å². The monoisotopic (exact) mass is 606 g/mol. The summed E-state index contributed by atoms with van der Waals surface area (Å²) in [4.78, 5) is 14.4. The number of ether oxygens (including phenoxy) is 5. The maximum Gasteiger partial charge on any atom is 0.200 e. The number of ketones is 1. The van der Waals surface area contributed by atoms with Crippen molar-refractivity contribution in [1.82, 2.24) is 0 Å². The van der Waals surface area contributed by atoms with Gasteiger partial charge in [0.25, 0.3) is 0 Å². The Morgan fingerprint density at radius 2 is 1.38 bits per heavy atom. The van der Waals surface area contributed by atoms with E-state index in [9.17, 15) is 9.90 Å². The van der Waals surface area contributed by atoms with Crippen molar-refractivity contribution in [3.63, 3.8) is 0 Å². The fourth-order valence-corrected chi connectivity index (χ4v) is 14.1. The molecule has 2 bridgehead atoms. The number of carbonyl (C=O) groups excluding carboxylic acids is 1. The van der Waals surface area contributed by atoms with Crippen molar-refractivity contribution in [3.8, 4) is 11.5 Å². The Bertz CT molecular complexity index is 1100. The topological polar surface area (TPSA) is 92.7 Å². The van der Waals surface area contributed by atoms with Gasteiger partial charge in [0.1, 0.15) is 11.2 Å². The zero-order chi connectivity index (χ0) is 31.8. The molecule has 5 atom stereocenters. The van der Waals surface area contributed by atoms with Crippen molar-refractivity contribution in [3.05, 3.63) is 35.6 Å². The molecular formula is C33H54O8Si. The Hall–Kier alpha value is -1.91. The van der Waals surface area contributed by atoms with Gasteiger partial charge in [-0.2, -0.15) is 0 Å². The molecule has 238 valence electrons.